The number of thiophene rings is 1. The fraction of sp³-hybridized carbons (Fsp3) is 0. The number of oxazole rings is 1. The van der Waals surface area contributed by atoms with Crippen molar-refractivity contribution in [2.75, 3.05) is 4.90 Å². The van der Waals surface area contributed by atoms with Crippen LogP contribution in [-0.4, -0.2) is 9.55 Å². The standard InChI is InChI=1S/C53H33N3OS/c1-3-12-36(13-4-1)53-54-52-48(57-53)31-24-35-14-11-19-41(51(35)52)34-22-25-38(26-23-34)55(40-28-30-45-44-18-8-10-21-49(44)58-50(45)33-40)39-27-29-43-42-17-7-9-20-46(42)56(47(43)32-39)37-15-5-2-6-16-37/h1-33H. The van der Waals surface area contributed by atoms with Gasteiger partial charge in [-0.2, -0.15) is 0 Å². The van der Waals surface area contributed by atoms with Gasteiger partial charge in [-0.3, -0.25) is 0 Å². The first-order chi connectivity index (χ1) is 28.7. The lowest BCUT2D eigenvalue weighted by Gasteiger charge is -2.26. The lowest BCUT2D eigenvalue weighted by molar-refractivity contribution is 0.620. The molecule has 4 nitrogen and oxygen atoms in total. The SMILES string of the molecule is c1ccc(-c2nc3c(ccc4cccc(-c5ccc(N(c6ccc7c(c6)sc6ccccc67)c6ccc7c8ccccc8n(-c8ccccc8)c7c6)cc5)c43)o2)cc1. The summed E-state index contributed by atoms with van der Waals surface area (Å²) in [5, 5.41) is 7.26. The first-order valence-corrected chi connectivity index (χ1v) is 20.4. The second kappa shape index (κ2) is 13.1. The molecule has 0 aliphatic rings. The summed E-state index contributed by atoms with van der Waals surface area (Å²) in [6.07, 6.45) is 0. The number of nitrogens with zero attached hydrogens (tertiary/aromatic N) is 3. The minimum Gasteiger partial charge on any atom is -0.436 e. The summed E-state index contributed by atoms with van der Waals surface area (Å²) in [6, 6.07) is 71.6. The second-order valence-corrected chi connectivity index (χ2v) is 15.8. The van der Waals surface area contributed by atoms with Crippen LogP contribution < -0.4 is 4.90 Å². The summed E-state index contributed by atoms with van der Waals surface area (Å²) in [4.78, 5) is 7.45. The van der Waals surface area contributed by atoms with Crippen LogP contribution >= 0.6 is 11.3 Å². The van der Waals surface area contributed by atoms with E-state index in [4.69, 9.17) is 9.40 Å². The monoisotopic (exact) mass is 759 g/mol. The summed E-state index contributed by atoms with van der Waals surface area (Å²) in [7, 11) is 0. The third kappa shape index (κ3) is 5.18. The molecule has 272 valence electrons. The van der Waals surface area contributed by atoms with E-state index in [9.17, 15) is 0 Å². The molecule has 0 fully saturated rings. The molecule has 0 spiro atoms. The Morgan fingerprint density at radius 3 is 1.98 bits per heavy atom. The summed E-state index contributed by atoms with van der Waals surface area (Å²) in [5.41, 5.74) is 11.6. The van der Waals surface area contributed by atoms with Gasteiger partial charge in [0.2, 0.25) is 5.89 Å². The smallest absolute Gasteiger partial charge is 0.227 e. The van der Waals surface area contributed by atoms with Crippen LogP contribution in [0.1, 0.15) is 0 Å². The van der Waals surface area contributed by atoms with Gasteiger partial charge in [-0.1, -0.05) is 121 Å². The van der Waals surface area contributed by atoms with Gasteiger partial charge in [-0.15, -0.1) is 11.3 Å². The highest BCUT2D eigenvalue weighted by Gasteiger charge is 2.20. The van der Waals surface area contributed by atoms with E-state index in [1.165, 1.54) is 36.5 Å². The Bertz CT molecular complexity index is 3510. The molecule has 0 aliphatic carbocycles. The molecule has 0 amide bonds. The van der Waals surface area contributed by atoms with Gasteiger partial charge in [0.05, 0.1) is 11.0 Å². The van der Waals surface area contributed by atoms with E-state index in [0.29, 0.717) is 5.89 Å². The summed E-state index contributed by atoms with van der Waals surface area (Å²) >= 11 is 1.85. The highest BCUT2D eigenvalue weighted by molar-refractivity contribution is 7.25. The Hall–Kier alpha value is -7.47. The van der Waals surface area contributed by atoms with Crippen molar-refractivity contribution in [1.82, 2.24) is 9.55 Å². The van der Waals surface area contributed by atoms with Crippen molar-refractivity contribution in [3.05, 3.63) is 200 Å². The molecule has 0 N–H and O–H groups in total. The number of anilines is 3. The van der Waals surface area contributed by atoms with Crippen molar-refractivity contribution in [1.29, 1.82) is 0 Å². The Morgan fingerprint density at radius 2 is 1.14 bits per heavy atom. The topological polar surface area (TPSA) is 34.2 Å². The molecule has 0 bridgehead atoms. The van der Waals surface area contributed by atoms with Crippen molar-refractivity contribution in [3.8, 4) is 28.3 Å². The highest BCUT2D eigenvalue weighted by Crippen LogP contribution is 2.44. The molecule has 3 heterocycles. The van der Waals surface area contributed by atoms with Gasteiger partial charge in [0, 0.05) is 64.6 Å². The van der Waals surface area contributed by atoms with Crippen molar-refractivity contribution in [2.24, 2.45) is 0 Å². The van der Waals surface area contributed by atoms with Crippen LogP contribution in [0.2, 0.25) is 0 Å². The van der Waals surface area contributed by atoms with Crippen LogP contribution in [-0.2, 0) is 0 Å². The third-order valence-corrected chi connectivity index (χ3v) is 12.5. The zero-order valence-corrected chi connectivity index (χ0v) is 32.0. The van der Waals surface area contributed by atoms with Crippen LogP contribution in [0, 0.1) is 0 Å². The Morgan fingerprint density at radius 1 is 0.466 bits per heavy atom. The zero-order valence-electron chi connectivity index (χ0n) is 31.2. The highest BCUT2D eigenvalue weighted by atomic mass is 32.1. The molecule has 12 aromatic rings. The average molecular weight is 760 g/mol. The fourth-order valence-electron chi connectivity index (χ4n) is 8.75. The van der Waals surface area contributed by atoms with Gasteiger partial charge in [0.1, 0.15) is 5.52 Å². The van der Waals surface area contributed by atoms with Crippen LogP contribution in [0.15, 0.2) is 205 Å². The molecule has 3 aromatic heterocycles. The van der Waals surface area contributed by atoms with Gasteiger partial charge in [0.25, 0.3) is 0 Å². The maximum atomic E-state index is 6.32. The summed E-state index contributed by atoms with van der Waals surface area (Å²) < 4.78 is 11.3. The maximum absolute atomic E-state index is 6.32. The van der Waals surface area contributed by atoms with E-state index in [-0.39, 0.29) is 0 Å². The van der Waals surface area contributed by atoms with Gasteiger partial charge in [-0.05, 0) is 95.4 Å². The molecule has 9 aromatic carbocycles. The molecule has 12 rings (SSSR count). The molecule has 0 saturated carbocycles. The van der Waals surface area contributed by atoms with Gasteiger partial charge >= 0.3 is 0 Å². The summed E-state index contributed by atoms with van der Waals surface area (Å²) in [6.45, 7) is 0. The quantitative estimate of drug-likeness (QED) is 0.169. The van der Waals surface area contributed by atoms with Crippen molar-refractivity contribution >= 4 is 92.2 Å². The predicted molar refractivity (Wildman–Crippen MR) is 244 cm³/mol. The lowest BCUT2D eigenvalue weighted by Crippen LogP contribution is -2.10. The van der Waals surface area contributed by atoms with Crippen molar-refractivity contribution in [2.45, 2.75) is 0 Å². The number of para-hydroxylation sites is 2. The molecule has 0 radical (unpaired) electrons. The molecule has 5 heteroatoms. The van der Waals surface area contributed by atoms with E-state index >= 15 is 0 Å². The Balaban J connectivity index is 1.04. The average Bonchev–Trinajstić information content (AvgIpc) is 3.99. The van der Waals surface area contributed by atoms with E-state index in [2.05, 4.69) is 173 Å². The van der Waals surface area contributed by atoms with Crippen LogP contribution in [0.25, 0.3) is 92.1 Å². The van der Waals surface area contributed by atoms with Gasteiger partial charge in [-0.25, -0.2) is 4.98 Å². The molecular weight excluding hydrogens is 727 g/mol. The largest absolute Gasteiger partial charge is 0.436 e. The molecule has 0 saturated heterocycles. The van der Waals surface area contributed by atoms with E-state index in [0.717, 1.165) is 66.8 Å². The zero-order chi connectivity index (χ0) is 38.2. The normalized spacial score (nSPS) is 11.8. The lowest BCUT2D eigenvalue weighted by atomic mass is 9.97. The van der Waals surface area contributed by atoms with Crippen molar-refractivity contribution in [3.63, 3.8) is 0 Å². The number of hydrogen-bond acceptors (Lipinski definition) is 4. The predicted octanol–water partition coefficient (Wildman–Crippen LogP) is 15.2. The number of rotatable bonds is 6. The second-order valence-electron chi connectivity index (χ2n) is 14.8. The summed E-state index contributed by atoms with van der Waals surface area (Å²) in [5.74, 6) is 0.628. The first-order valence-electron chi connectivity index (χ1n) is 19.5. The third-order valence-electron chi connectivity index (χ3n) is 11.4. The minimum absolute atomic E-state index is 0.628. The molecule has 0 atom stereocenters. The van der Waals surface area contributed by atoms with Crippen LogP contribution in [0.4, 0.5) is 17.1 Å². The Labute approximate surface area is 338 Å². The van der Waals surface area contributed by atoms with Gasteiger partial charge < -0.3 is 13.9 Å². The van der Waals surface area contributed by atoms with Crippen LogP contribution in [0.3, 0.4) is 0 Å². The number of hydrogen-bond donors (Lipinski definition) is 0. The molecule has 0 unspecified atom stereocenters. The number of benzene rings is 9. The van der Waals surface area contributed by atoms with Gasteiger partial charge in [0.15, 0.2) is 5.58 Å². The minimum atomic E-state index is 0.628. The molecule has 0 aliphatic heterocycles. The fourth-order valence-corrected chi connectivity index (χ4v) is 9.89. The first kappa shape index (κ1) is 32.7. The Kier molecular flexibility index (Phi) is 7.37. The van der Waals surface area contributed by atoms with E-state index in [1.807, 2.05) is 47.7 Å². The molecule has 58 heavy (non-hydrogen) atoms. The van der Waals surface area contributed by atoms with E-state index in [1.54, 1.807) is 0 Å². The molecular formula is C53H33N3OS. The number of fused-ring (bicyclic) bond motifs is 9. The van der Waals surface area contributed by atoms with E-state index < -0.39 is 0 Å². The number of aromatic nitrogens is 2. The maximum Gasteiger partial charge on any atom is 0.227 e. The van der Waals surface area contributed by atoms with Crippen LogP contribution in [0.5, 0.6) is 0 Å². The van der Waals surface area contributed by atoms with Crippen molar-refractivity contribution < 1.29 is 4.42 Å².